The van der Waals surface area contributed by atoms with Gasteiger partial charge in [-0.15, -0.1) is 12.4 Å². The van der Waals surface area contributed by atoms with Crippen LogP contribution in [-0.4, -0.2) is 72.4 Å². The molecule has 2 aliphatic rings. The van der Waals surface area contributed by atoms with Gasteiger partial charge in [-0.25, -0.2) is 4.68 Å². The molecule has 5 rings (SSSR count). The molecule has 0 amide bonds. The van der Waals surface area contributed by atoms with Crippen molar-refractivity contribution in [1.29, 1.82) is 0 Å². The molecule has 0 spiro atoms. The number of ether oxygens (including phenoxy) is 3. The van der Waals surface area contributed by atoms with Crippen molar-refractivity contribution in [3.63, 3.8) is 0 Å². The third kappa shape index (κ3) is 4.39. The summed E-state index contributed by atoms with van der Waals surface area (Å²) >= 11 is 0. The number of piperazine rings is 1. The fourth-order valence-electron chi connectivity index (χ4n) is 3.92. The van der Waals surface area contributed by atoms with Gasteiger partial charge in [0.15, 0.2) is 5.82 Å². The Morgan fingerprint density at radius 1 is 1.13 bits per heavy atom. The standard InChI is InChI=1S/C21H26N6O3.ClH/c1-14-9-15-12-23-27(17(15)10-18(14)30-16-3-8-29-13-16)20-11-19(24-21(25-20)28-2)26-6-4-22-5-7-26;/h9-12,16,22H,3-8,13H2,1-2H3;1H. The van der Waals surface area contributed by atoms with E-state index in [0.717, 1.165) is 67.2 Å². The van der Waals surface area contributed by atoms with Gasteiger partial charge >= 0.3 is 6.01 Å². The lowest BCUT2D eigenvalue weighted by atomic mass is 10.1. The van der Waals surface area contributed by atoms with E-state index in [1.54, 1.807) is 7.11 Å². The zero-order valence-electron chi connectivity index (χ0n) is 17.7. The number of hydrogen-bond acceptors (Lipinski definition) is 8. The number of halogens is 1. The minimum Gasteiger partial charge on any atom is -0.488 e. The summed E-state index contributed by atoms with van der Waals surface area (Å²) in [5, 5.41) is 9.00. The van der Waals surface area contributed by atoms with Crippen molar-refractivity contribution < 1.29 is 14.2 Å². The van der Waals surface area contributed by atoms with E-state index in [2.05, 4.69) is 38.3 Å². The van der Waals surface area contributed by atoms with E-state index in [0.29, 0.717) is 18.4 Å². The Kier molecular flexibility index (Phi) is 6.45. The molecule has 1 aromatic carbocycles. The first kappa shape index (κ1) is 21.6. The second-order valence-corrected chi connectivity index (χ2v) is 7.64. The minimum absolute atomic E-state index is 0. The highest BCUT2D eigenvalue weighted by molar-refractivity contribution is 5.85. The zero-order valence-corrected chi connectivity index (χ0v) is 18.5. The van der Waals surface area contributed by atoms with Gasteiger partial charge in [0.2, 0.25) is 0 Å². The molecule has 1 unspecified atom stereocenters. The molecular weight excluding hydrogens is 420 g/mol. The number of methoxy groups -OCH3 is 1. The average Bonchev–Trinajstić information content (AvgIpc) is 3.44. The lowest BCUT2D eigenvalue weighted by molar-refractivity contribution is 0.141. The summed E-state index contributed by atoms with van der Waals surface area (Å²) in [6, 6.07) is 6.43. The van der Waals surface area contributed by atoms with Gasteiger partial charge < -0.3 is 24.4 Å². The normalized spacial score (nSPS) is 18.8. The molecule has 4 heterocycles. The Labute approximate surface area is 187 Å². The molecule has 2 aliphatic heterocycles. The first-order chi connectivity index (χ1) is 14.7. The first-order valence-corrected chi connectivity index (χ1v) is 10.3. The van der Waals surface area contributed by atoms with Gasteiger partial charge in [-0.2, -0.15) is 15.1 Å². The predicted molar refractivity (Wildman–Crippen MR) is 120 cm³/mol. The number of fused-ring (bicyclic) bond motifs is 1. The molecule has 31 heavy (non-hydrogen) atoms. The smallest absolute Gasteiger partial charge is 0.320 e. The maximum Gasteiger partial charge on any atom is 0.320 e. The van der Waals surface area contributed by atoms with Gasteiger partial charge in [-0.3, -0.25) is 0 Å². The van der Waals surface area contributed by atoms with Gasteiger partial charge in [-0.05, 0) is 18.6 Å². The molecule has 2 aromatic heterocycles. The fourth-order valence-corrected chi connectivity index (χ4v) is 3.92. The molecule has 2 saturated heterocycles. The van der Waals surface area contributed by atoms with E-state index in [1.807, 2.05) is 23.0 Å². The highest BCUT2D eigenvalue weighted by Gasteiger charge is 2.20. The van der Waals surface area contributed by atoms with Crippen LogP contribution >= 0.6 is 12.4 Å². The summed E-state index contributed by atoms with van der Waals surface area (Å²) in [7, 11) is 1.58. The molecule has 0 bridgehead atoms. The molecule has 0 radical (unpaired) electrons. The van der Waals surface area contributed by atoms with Crippen LogP contribution in [0.25, 0.3) is 16.7 Å². The average molecular weight is 447 g/mol. The molecule has 10 heteroatoms. The van der Waals surface area contributed by atoms with E-state index >= 15 is 0 Å². The molecule has 0 saturated carbocycles. The summed E-state index contributed by atoms with van der Waals surface area (Å²) in [6.07, 6.45) is 2.86. The maximum absolute atomic E-state index is 6.20. The van der Waals surface area contributed by atoms with Gasteiger partial charge in [0, 0.05) is 50.1 Å². The number of nitrogens with zero attached hydrogens (tertiary/aromatic N) is 5. The van der Waals surface area contributed by atoms with Crippen LogP contribution in [0.2, 0.25) is 0 Å². The topological polar surface area (TPSA) is 86.6 Å². The summed E-state index contributed by atoms with van der Waals surface area (Å²) in [5.74, 6) is 2.36. The summed E-state index contributed by atoms with van der Waals surface area (Å²) in [6.45, 7) is 7.07. The van der Waals surface area contributed by atoms with E-state index < -0.39 is 0 Å². The van der Waals surface area contributed by atoms with Crippen LogP contribution in [0.4, 0.5) is 5.82 Å². The summed E-state index contributed by atoms with van der Waals surface area (Å²) in [5.41, 5.74) is 2.01. The number of aromatic nitrogens is 4. The minimum atomic E-state index is 0. The predicted octanol–water partition coefficient (Wildman–Crippen LogP) is 2.13. The Hall–Kier alpha value is -2.62. The Bertz CT molecular complexity index is 1050. The molecule has 1 N–H and O–H groups in total. The van der Waals surface area contributed by atoms with Crippen LogP contribution in [0.15, 0.2) is 24.4 Å². The second kappa shape index (κ2) is 9.25. The maximum atomic E-state index is 6.20. The van der Waals surface area contributed by atoms with Crippen LogP contribution in [-0.2, 0) is 4.74 Å². The molecule has 1 atom stereocenters. The van der Waals surface area contributed by atoms with Gasteiger partial charge in [0.25, 0.3) is 0 Å². The van der Waals surface area contributed by atoms with Crippen molar-refractivity contribution in [2.75, 3.05) is 51.4 Å². The van der Waals surface area contributed by atoms with Crippen molar-refractivity contribution in [2.24, 2.45) is 0 Å². The largest absolute Gasteiger partial charge is 0.488 e. The second-order valence-electron chi connectivity index (χ2n) is 7.64. The Morgan fingerprint density at radius 3 is 2.68 bits per heavy atom. The fraction of sp³-hybridized carbons (Fsp3) is 0.476. The van der Waals surface area contributed by atoms with Crippen molar-refractivity contribution in [1.82, 2.24) is 25.1 Å². The first-order valence-electron chi connectivity index (χ1n) is 10.3. The van der Waals surface area contributed by atoms with Crippen LogP contribution in [0.1, 0.15) is 12.0 Å². The van der Waals surface area contributed by atoms with Gasteiger partial charge in [0.1, 0.15) is 17.7 Å². The lowest BCUT2D eigenvalue weighted by Crippen LogP contribution is -2.44. The number of benzene rings is 1. The number of aryl methyl sites for hydroxylation is 1. The van der Waals surface area contributed by atoms with E-state index in [1.165, 1.54) is 0 Å². The van der Waals surface area contributed by atoms with Crippen molar-refractivity contribution >= 4 is 29.1 Å². The third-order valence-corrected chi connectivity index (χ3v) is 5.57. The SMILES string of the molecule is COc1nc(N2CCNCC2)cc(-n2ncc3cc(C)c(OC4CCOC4)cc32)n1.Cl. The summed E-state index contributed by atoms with van der Waals surface area (Å²) < 4.78 is 18.9. The van der Waals surface area contributed by atoms with Gasteiger partial charge in [-0.1, -0.05) is 0 Å². The van der Waals surface area contributed by atoms with Crippen LogP contribution < -0.4 is 19.7 Å². The molecule has 2 fully saturated rings. The van der Waals surface area contributed by atoms with Crippen LogP contribution in [0.5, 0.6) is 11.8 Å². The molecular formula is C21H27ClN6O3. The summed E-state index contributed by atoms with van der Waals surface area (Å²) in [4.78, 5) is 11.3. The van der Waals surface area contributed by atoms with Crippen molar-refractivity contribution in [2.45, 2.75) is 19.4 Å². The Balaban J connectivity index is 0.00000231. The molecule has 9 nitrogen and oxygen atoms in total. The number of nitrogens with one attached hydrogen (secondary N) is 1. The number of rotatable bonds is 5. The molecule has 0 aliphatic carbocycles. The number of anilines is 1. The highest BCUT2D eigenvalue weighted by atomic mass is 35.5. The van der Waals surface area contributed by atoms with Crippen LogP contribution in [0.3, 0.4) is 0 Å². The third-order valence-electron chi connectivity index (χ3n) is 5.57. The van der Waals surface area contributed by atoms with Crippen LogP contribution in [0, 0.1) is 6.92 Å². The molecule has 166 valence electrons. The highest BCUT2D eigenvalue weighted by Crippen LogP contribution is 2.29. The Morgan fingerprint density at radius 2 is 1.94 bits per heavy atom. The van der Waals surface area contributed by atoms with Crippen molar-refractivity contribution in [3.05, 3.63) is 30.0 Å². The van der Waals surface area contributed by atoms with E-state index in [-0.39, 0.29) is 18.5 Å². The van der Waals surface area contributed by atoms with Gasteiger partial charge in [0.05, 0.1) is 32.0 Å². The zero-order chi connectivity index (χ0) is 20.5. The van der Waals surface area contributed by atoms with E-state index in [4.69, 9.17) is 14.2 Å². The van der Waals surface area contributed by atoms with E-state index in [9.17, 15) is 0 Å². The lowest BCUT2D eigenvalue weighted by Gasteiger charge is -2.28. The number of hydrogen-bond donors (Lipinski definition) is 1. The monoisotopic (exact) mass is 446 g/mol. The van der Waals surface area contributed by atoms with Crippen molar-refractivity contribution in [3.8, 4) is 17.6 Å². The quantitative estimate of drug-likeness (QED) is 0.638. The molecule has 3 aromatic rings.